The van der Waals surface area contributed by atoms with E-state index in [-0.39, 0.29) is 0 Å². The molecule has 154 valence electrons. The van der Waals surface area contributed by atoms with Crippen LogP contribution in [0, 0.1) is 25.8 Å². The van der Waals surface area contributed by atoms with Crippen LogP contribution in [-0.4, -0.2) is 8.07 Å². The number of pyridine rings is 1. The second-order valence-corrected chi connectivity index (χ2v) is 15.0. The zero-order valence-corrected chi connectivity index (χ0v) is 20.3. The third kappa shape index (κ3) is 3.59. The third-order valence-electron chi connectivity index (χ3n) is 7.58. The van der Waals surface area contributed by atoms with Crippen LogP contribution < -0.4 is 9.75 Å². The van der Waals surface area contributed by atoms with Crippen LogP contribution in [0.5, 0.6) is 0 Å². The molecule has 0 radical (unpaired) electrons. The molecule has 2 heterocycles. The lowest BCUT2D eigenvalue weighted by molar-refractivity contribution is -0.659. The molecule has 0 bridgehead atoms. The fourth-order valence-corrected chi connectivity index (χ4v) is 9.28. The smallest absolute Gasteiger partial charge is 0.219 e. The predicted molar refractivity (Wildman–Crippen MR) is 130 cm³/mol. The van der Waals surface area contributed by atoms with Crippen molar-refractivity contribution in [2.45, 2.75) is 59.2 Å². The first-order valence-electron chi connectivity index (χ1n) is 11.1. The molecule has 2 nitrogen and oxygen atoms in total. The highest BCUT2D eigenvalue weighted by Crippen LogP contribution is 2.41. The Morgan fingerprint density at radius 2 is 1.73 bits per heavy atom. The van der Waals surface area contributed by atoms with Crippen LogP contribution in [-0.2, 0) is 7.05 Å². The van der Waals surface area contributed by atoms with E-state index in [4.69, 9.17) is 6.57 Å². The van der Waals surface area contributed by atoms with E-state index in [1.165, 1.54) is 58.1 Å². The molecular weight excluding hydrogens is 380 g/mol. The van der Waals surface area contributed by atoms with Crippen molar-refractivity contribution >= 4 is 29.7 Å². The van der Waals surface area contributed by atoms with E-state index >= 15 is 0 Å². The molecule has 2 aromatic carbocycles. The number of fused-ring (bicyclic) bond motifs is 1. The summed E-state index contributed by atoms with van der Waals surface area (Å²) in [6, 6.07) is 16.3. The standard InChI is InChI=1S/C27H33N2Si/c1-19-16-22(28-5)18-25(20(19)2)26-24-9-8-23(17-21(24)10-13-29(26)6)30(7)14-11-27(3,4)12-15-30/h8-10,13,16-18H,11-12,14-15H2,1-4,6-7H3/q+1. The SMILES string of the molecule is [C-]#[N+]c1cc(C)c(C)c(-c2c3ccc([Si]4(C)CCC(C)(C)CC4)cc3cc[n+]2C)c1. The minimum Gasteiger partial charge on any atom is -0.238 e. The van der Waals surface area contributed by atoms with Crippen LogP contribution in [0.3, 0.4) is 0 Å². The fraction of sp³-hybridized carbons (Fsp3) is 0.407. The molecule has 0 N–H and O–H groups in total. The van der Waals surface area contributed by atoms with Crippen molar-refractivity contribution in [2.24, 2.45) is 12.5 Å². The van der Waals surface area contributed by atoms with Crippen molar-refractivity contribution < 1.29 is 4.57 Å². The summed E-state index contributed by atoms with van der Waals surface area (Å²) < 4.78 is 2.21. The van der Waals surface area contributed by atoms with Crippen molar-refractivity contribution in [3.63, 3.8) is 0 Å². The summed E-state index contributed by atoms with van der Waals surface area (Å²) in [6.07, 6.45) is 4.88. The van der Waals surface area contributed by atoms with Gasteiger partial charge in [0.05, 0.1) is 20.0 Å². The minimum absolute atomic E-state index is 0.508. The van der Waals surface area contributed by atoms with Gasteiger partial charge in [-0.1, -0.05) is 74.3 Å². The van der Waals surface area contributed by atoms with Crippen LogP contribution in [0.1, 0.15) is 37.8 Å². The quantitative estimate of drug-likeness (QED) is 0.254. The van der Waals surface area contributed by atoms with Crippen molar-refractivity contribution in [1.29, 1.82) is 0 Å². The van der Waals surface area contributed by atoms with Gasteiger partial charge in [0.2, 0.25) is 5.69 Å². The van der Waals surface area contributed by atoms with E-state index in [2.05, 4.69) is 87.2 Å². The Morgan fingerprint density at radius 1 is 1.03 bits per heavy atom. The summed E-state index contributed by atoms with van der Waals surface area (Å²) in [6.45, 7) is 19.2. The van der Waals surface area contributed by atoms with Crippen LogP contribution in [0.25, 0.3) is 26.9 Å². The van der Waals surface area contributed by atoms with Gasteiger partial charge in [-0.2, -0.15) is 0 Å². The third-order valence-corrected chi connectivity index (χ3v) is 12.0. The van der Waals surface area contributed by atoms with Gasteiger partial charge >= 0.3 is 0 Å². The van der Waals surface area contributed by atoms with Gasteiger partial charge in [0, 0.05) is 11.6 Å². The Kier molecular flexibility index (Phi) is 5.10. The summed E-state index contributed by atoms with van der Waals surface area (Å²) in [5.41, 5.74) is 6.04. The highest BCUT2D eigenvalue weighted by Gasteiger charge is 2.38. The van der Waals surface area contributed by atoms with Gasteiger partial charge < -0.3 is 0 Å². The maximum Gasteiger partial charge on any atom is 0.219 e. The van der Waals surface area contributed by atoms with Gasteiger partial charge in [0.25, 0.3) is 0 Å². The Labute approximate surface area is 182 Å². The number of aryl methyl sites for hydroxylation is 2. The van der Waals surface area contributed by atoms with Gasteiger partial charge in [0.1, 0.15) is 7.05 Å². The monoisotopic (exact) mass is 413 g/mol. The van der Waals surface area contributed by atoms with Gasteiger partial charge in [-0.05, 0) is 42.3 Å². The molecule has 1 aromatic heterocycles. The van der Waals surface area contributed by atoms with E-state index in [0.717, 1.165) is 0 Å². The second-order valence-electron chi connectivity index (χ2n) is 10.3. The molecule has 30 heavy (non-hydrogen) atoms. The molecule has 1 saturated heterocycles. The molecule has 0 aliphatic carbocycles. The van der Waals surface area contributed by atoms with E-state index in [1.807, 2.05) is 6.07 Å². The Balaban J connectivity index is 1.86. The highest BCUT2D eigenvalue weighted by molar-refractivity contribution is 6.91. The minimum atomic E-state index is -1.41. The van der Waals surface area contributed by atoms with Gasteiger partial charge in [-0.15, -0.1) is 0 Å². The molecule has 1 aliphatic heterocycles. The van der Waals surface area contributed by atoms with Gasteiger partial charge in [0.15, 0.2) is 11.9 Å². The van der Waals surface area contributed by atoms with Crippen molar-refractivity contribution in [1.82, 2.24) is 0 Å². The summed E-state index contributed by atoms with van der Waals surface area (Å²) in [4.78, 5) is 3.71. The molecule has 3 heteroatoms. The van der Waals surface area contributed by atoms with Crippen LogP contribution >= 0.6 is 0 Å². The Morgan fingerprint density at radius 3 is 2.40 bits per heavy atom. The van der Waals surface area contributed by atoms with Crippen molar-refractivity contribution in [3.8, 4) is 11.3 Å². The number of rotatable bonds is 2. The molecule has 1 aliphatic rings. The van der Waals surface area contributed by atoms with Crippen LogP contribution in [0.2, 0.25) is 18.6 Å². The van der Waals surface area contributed by atoms with Gasteiger partial charge in [-0.25, -0.2) is 9.41 Å². The van der Waals surface area contributed by atoms with Gasteiger partial charge in [-0.3, -0.25) is 0 Å². The predicted octanol–water partition coefficient (Wildman–Crippen LogP) is 6.60. The molecule has 0 saturated carbocycles. The molecule has 0 atom stereocenters. The van der Waals surface area contributed by atoms with Crippen LogP contribution in [0.4, 0.5) is 5.69 Å². The molecule has 0 amide bonds. The van der Waals surface area contributed by atoms with Crippen molar-refractivity contribution in [2.75, 3.05) is 0 Å². The van der Waals surface area contributed by atoms with Crippen LogP contribution in [0.15, 0.2) is 42.6 Å². The molecule has 3 aromatic rings. The maximum atomic E-state index is 7.50. The molecule has 0 unspecified atom stereocenters. The lowest BCUT2D eigenvalue weighted by Crippen LogP contribution is -2.48. The number of aromatic nitrogens is 1. The first-order valence-corrected chi connectivity index (χ1v) is 14.0. The molecular formula is C27H33N2Si+. The van der Waals surface area contributed by atoms with E-state index in [1.54, 1.807) is 5.19 Å². The second kappa shape index (κ2) is 7.36. The first-order chi connectivity index (χ1) is 14.1. The first kappa shape index (κ1) is 20.8. The van der Waals surface area contributed by atoms with E-state index < -0.39 is 8.07 Å². The summed E-state index contributed by atoms with van der Waals surface area (Å²) in [7, 11) is 0.702. The zero-order chi connectivity index (χ0) is 21.7. The average Bonchev–Trinajstić information content (AvgIpc) is 2.72. The maximum absolute atomic E-state index is 7.50. The lowest BCUT2D eigenvalue weighted by atomic mass is 9.87. The fourth-order valence-electron chi connectivity index (χ4n) is 5.00. The average molecular weight is 414 g/mol. The molecule has 0 spiro atoms. The highest BCUT2D eigenvalue weighted by atomic mass is 28.3. The molecule has 4 rings (SSSR count). The van der Waals surface area contributed by atoms with E-state index in [9.17, 15) is 0 Å². The number of benzene rings is 2. The Bertz CT molecular complexity index is 1170. The normalized spacial score (nSPS) is 17.6. The Hall–Kier alpha value is -2.44. The van der Waals surface area contributed by atoms with E-state index in [0.29, 0.717) is 11.1 Å². The topological polar surface area (TPSA) is 8.24 Å². The number of nitrogens with zero attached hydrogens (tertiary/aromatic N) is 2. The summed E-state index contributed by atoms with van der Waals surface area (Å²) >= 11 is 0. The zero-order valence-electron chi connectivity index (χ0n) is 19.3. The number of hydrogen-bond acceptors (Lipinski definition) is 0. The largest absolute Gasteiger partial charge is 0.238 e. The summed E-state index contributed by atoms with van der Waals surface area (Å²) in [5, 5.41) is 4.21. The number of hydrogen-bond donors (Lipinski definition) is 0. The van der Waals surface area contributed by atoms with Crippen molar-refractivity contribution in [3.05, 3.63) is 65.1 Å². The molecule has 1 fully saturated rings. The summed E-state index contributed by atoms with van der Waals surface area (Å²) in [5.74, 6) is 0. The lowest BCUT2D eigenvalue weighted by Gasteiger charge is -2.40.